The van der Waals surface area contributed by atoms with Gasteiger partial charge in [-0.2, -0.15) is 0 Å². The summed E-state index contributed by atoms with van der Waals surface area (Å²) >= 11 is 0. The Labute approximate surface area is 114 Å². The van der Waals surface area contributed by atoms with Gasteiger partial charge in [-0.25, -0.2) is 0 Å². The zero-order chi connectivity index (χ0) is 13.7. The van der Waals surface area contributed by atoms with E-state index < -0.39 is 0 Å². The molecule has 0 saturated heterocycles. The van der Waals surface area contributed by atoms with Crippen LogP contribution in [0.15, 0.2) is 24.3 Å². The minimum Gasteiger partial charge on any atom is -0.497 e. The fourth-order valence-corrected chi connectivity index (χ4v) is 2.22. The fraction of sp³-hybridized carbons (Fsp3) is 0.533. The summed E-state index contributed by atoms with van der Waals surface area (Å²) in [5.74, 6) is 0.913. The van der Waals surface area contributed by atoms with E-state index in [0.29, 0.717) is 13.0 Å². The van der Waals surface area contributed by atoms with Gasteiger partial charge in [0.2, 0.25) is 5.91 Å². The number of ether oxygens (including phenoxy) is 1. The van der Waals surface area contributed by atoms with Gasteiger partial charge in [0.05, 0.1) is 7.11 Å². The molecule has 0 spiro atoms. The Balaban J connectivity index is 1.70. The van der Waals surface area contributed by atoms with Crippen molar-refractivity contribution in [1.82, 2.24) is 5.32 Å². The predicted octanol–water partition coefficient (Wildman–Crippen LogP) is 1.63. The molecule has 0 atom stereocenters. The number of nitrogens with one attached hydrogen (secondary N) is 1. The van der Waals surface area contributed by atoms with Crippen LogP contribution in [0.1, 0.15) is 31.2 Å². The zero-order valence-corrected chi connectivity index (χ0v) is 11.4. The zero-order valence-electron chi connectivity index (χ0n) is 11.4. The van der Waals surface area contributed by atoms with Crippen molar-refractivity contribution >= 4 is 5.91 Å². The van der Waals surface area contributed by atoms with Crippen LogP contribution in [0.5, 0.6) is 5.75 Å². The quantitative estimate of drug-likeness (QED) is 0.819. The Morgan fingerprint density at radius 2 is 2.05 bits per heavy atom. The summed E-state index contributed by atoms with van der Waals surface area (Å²) in [7, 11) is 1.64. The maximum Gasteiger partial charge on any atom is 0.220 e. The van der Waals surface area contributed by atoms with Crippen LogP contribution in [-0.2, 0) is 11.2 Å². The van der Waals surface area contributed by atoms with Crippen LogP contribution >= 0.6 is 0 Å². The molecule has 1 aromatic rings. The van der Waals surface area contributed by atoms with E-state index in [9.17, 15) is 4.79 Å². The summed E-state index contributed by atoms with van der Waals surface area (Å²) in [6, 6.07) is 7.80. The van der Waals surface area contributed by atoms with Crippen molar-refractivity contribution in [3.8, 4) is 5.75 Å². The number of aryl methyl sites for hydroxylation is 1. The number of carbonyl (C=O) groups excluding carboxylic acids is 1. The number of rotatable bonds is 6. The Morgan fingerprint density at radius 3 is 2.58 bits per heavy atom. The number of hydrogen-bond donors (Lipinski definition) is 2. The van der Waals surface area contributed by atoms with Crippen LogP contribution < -0.4 is 15.8 Å². The van der Waals surface area contributed by atoms with Gasteiger partial charge in [0, 0.05) is 18.5 Å². The minimum atomic E-state index is -0.143. The van der Waals surface area contributed by atoms with Crippen molar-refractivity contribution in [2.75, 3.05) is 13.7 Å². The summed E-state index contributed by atoms with van der Waals surface area (Å²) in [5.41, 5.74) is 7.06. The first kappa shape index (κ1) is 13.9. The van der Waals surface area contributed by atoms with Gasteiger partial charge in [-0.1, -0.05) is 12.1 Å². The molecule has 1 fully saturated rings. The van der Waals surface area contributed by atoms with E-state index in [1.165, 1.54) is 6.42 Å². The monoisotopic (exact) mass is 262 g/mol. The van der Waals surface area contributed by atoms with E-state index in [0.717, 1.165) is 30.6 Å². The second-order valence-electron chi connectivity index (χ2n) is 5.34. The summed E-state index contributed by atoms with van der Waals surface area (Å²) in [6.45, 7) is 0.606. The third kappa shape index (κ3) is 3.96. The molecule has 1 aliphatic carbocycles. The first-order valence-corrected chi connectivity index (χ1v) is 6.80. The Bertz CT molecular complexity index is 424. The van der Waals surface area contributed by atoms with Crippen LogP contribution in [0.25, 0.3) is 0 Å². The third-order valence-corrected chi connectivity index (χ3v) is 3.79. The molecule has 0 aromatic heterocycles. The molecular formula is C15H22N2O2. The average molecular weight is 262 g/mol. The van der Waals surface area contributed by atoms with Crippen molar-refractivity contribution in [3.63, 3.8) is 0 Å². The molecule has 2 rings (SSSR count). The van der Waals surface area contributed by atoms with E-state index >= 15 is 0 Å². The summed E-state index contributed by atoms with van der Waals surface area (Å²) in [5, 5.41) is 2.93. The predicted molar refractivity (Wildman–Crippen MR) is 75.1 cm³/mol. The highest BCUT2D eigenvalue weighted by atomic mass is 16.5. The molecule has 4 nitrogen and oxygen atoms in total. The third-order valence-electron chi connectivity index (χ3n) is 3.79. The lowest BCUT2D eigenvalue weighted by Gasteiger charge is -2.38. The molecule has 4 heteroatoms. The van der Waals surface area contributed by atoms with E-state index in [-0.39, 0.29) is 11.4 Å². The first-order chi connectivity index (χ1) is 9.11. The highest BCUT2D eigenvalue weighted by Gasteiger charge is 2.32. The molecule has 1 saturated carbocycles. The maximum absolute atomic E-state index is 11.7. The van der Waals surface area contributed by atoms with Gasteiger partial charge in [-0.05, 0) is 43.4 Å². The molecule has 1 aliphatic rings. The largest absolute Gasteiger partial charge is 0.497 e. The number of amides is 1. The van der Waals surface area contributed by atoms with E-state index in [1.807, 2.05) is 24.3 Å². The molecule has 0 radical (unpaired) electrons. The van der Waals surface area contributed by atoms with Gasteiger partial charge in [0.15, 0.2) is 0 Å². The van der Waals surface area contributed by atoms with Crippen molar-refractivity contribution in [3.05, 3.63) is 29.8 Å². The normalized spacial score (nSPS) is 16.5. The van der Waals surface area contributed by atoms with E-state index in [1.54, 1.807) is 7.11 Å². The molecule has 0 aliphatic heterocycles. The molecule has 0 bridgehead atoms. The Morgan fingerprint density at radius 1 is 1.37 bits per heavy atom. The molecular weight excluding hydrogens is 240 g/mol. The van der Waals surface area contributed by atoms with Gasteiger partial charge in [-0.3, -0.25) is 4.79 Å². The first-order valence-electron chi connectivity index (χ1n) is 6.80. The number of hydrogen-bond acceptors (Lipinski definition) is 3. The van der Waals surface area contributed by atoms with Crippen LogP contribution in [-0.4, -0.2) is 25.1 Å². The highest BCUT2D eigenvalue weighted by Crippen LogP contribution is 2.28. The van der Waals surface area contributed by atoms with E-state index in [2.05, 4.69) is 5.32 Å². The molecule has 1 amide bonds. The van der Waals surface area contributed by atoms with Gasteiger partial charge in [-0.15, -0.1) is 0 Å². The molecule has 1 aromatic carbocycles. The van der Waals surface area contributed by atoms with Crippen molar-refractivity contribution in [1.29, 1.82) is 0 Å². The van der Waals surface area contributed by atoms with Crippen LogP contribution in [0.2, 0.25) is 0 Å². The lowest BCUT2D eigenvalue weighted by molar-refractivity contribution is -0.121. The Kier molecular flexibility index (Phi) is 4.43. The maximum atomic E-state index is 11.7. The summed E-state index contributed by atoms with van der Waals surface area (Å²) < 4.78 is 5.10. The second-order valence-corrected chi connectivity index (χ2v) is 5.34. The summed E-state index contributed by atoms with van der Waals surface area (Å²) in [4.78, 5) is 11.7. The minimum absolute atomic E-state index is 0.0764. The van der Waals surface area contributed by atoms with Gasteiger partial charge in [0.1, 0.15) is 5.75 Å². The van der Waals surface area contributed by atoms with Crippen LogP contribution in [0.3, 0.4) is 0 Å². The van der Waals surface area contributed by atoms with Gasteiger partial charge in [0.25, 0.3) is 0 Å². The molecule has 0 heterocycles. The van der Waals surface area contributed by atoms with Crippen LogP contribution in [0.4, 0.5) is 0 Å². The molecule has 3 N–H and O–H groups in total. The van der Waals surface area contributed by atoms with Gasteiger partial charge >= 0.3 is 0 Å². The molecule has 0 unspecified atom stereocenters. The van der Waals surface area contributed by atoms with Crippen molar-refractivity contribution in [2.24, 2.45) is 5.73 Å². The highest BCUT2D eigenvalue weighted by molar-refractivity contribution is 5.76. The molecule has 19 heavy (non-hydrogen) atoms. The van der Waals surface area contributed by atoms with Crippen molar-refractivity contribution in [2.45, 2.75) is 37.6 Å². The second kappa shape index (κ2) is 6.06. The van der Waals surface area contributed by atoms with Crippen molar-refractivity contribution < 1.29 is 9.53 Å². The average Bonchev–Trinajstić information content (AvgIpc) is 2.41. The lowest BCUT2D eigenvalue weighted by Crippen LogP contribution is -2.54. The molecule has 104 valence electrons. The topological polar surface area (TPSA) is 64.3 Å². The van der Waals surface area contributed by atoms with Gasteiger partial charge < -0.3 is 15.8 Å². The number of methoxy groups -OCH3 is 1. The number of nitrogens with two attached hydrogens (primary N) is 1. The van der Waals surface area contributed by atoms with Crippen LogP contribution in [0, 0.1) is 0 Å². The smallest absolute Gasteiger partial charge is 0.220 e. The lowest BCUT2D eigenvalue weighted by atomic mass is 9.78. The SMILES string of the molecule is COc1ccc(CCC(=O)NCC2(N)CCC2)cc1. The Hall–Kier alpha value is -1.55. The number of benzene rings is 1. The standard InChI is InChI=1S/C15H22N2O2/c1-19-13-6-3-12(4-7-13)5-8-14(18)17-11-15(16)9-2-10-15/h3-4,6-7H,2,5,8-11,16H2,1H3,(H,17,18). The summed E-state index contributed by atoms with van der Waals surface area (Å²) in [6.07, 6.45) is 4.46. The fourth-order valence-electron chi connectivity index (χ4n) is 2.22. The van der Waals surface area contributed by atoms with E-state index in [4.69, 9.17) is 10.5 Å². The number of carbonyl (C=O) groups is 1.